The Kier molecular flexibility index (Phi) is 7.46. The zero-order valence-electron chi connectivity index (χ0n) is 41.8. The maximum atomic E-state index is 14.5. The van der Waals surface area contributed by atoms with Crippen LogP contribution in [0.2, 0.25) is 0 Å². The molecule has 58 heavy (non-hydrogen) atoms. The van der Waals surface area contributed by atoms with Crippen LogP contribution in [-0.2, 0) is 37.3 Å². The zero-order valence-corrected chi connectivity index (χ0v) is 31.8. The summed E-state index contributed by atoms with van der Waals surface area (Å²) >= 11 is 0. The van der Waals surface area contributed by atoms with E-state index < -0.39 is 48.8 Å². The second kappa shape index (κ2) is 16.0. The van der Waals surface area contributed by atoms with Crippen LogP contribution < -0.4 is 0 Å². The van der Waals surface area contributed by atoms with E-state index in [9.17, 15) is 15.4 Å². The van der Waals surface area contributed by atoms with E-state index in [4.69, 9.17) is 12.1 Å². The molecule has 5 heteroatoms. The molecule has 5 aromatic carbocycles. The molecule has 284 valence electrons. The second-order valence-electron chi connectivity index (χ2n) is 14.8. The van der Waals surface area contributed by atoms with E-state index in [0.29, 0.717) is 44.6 Å². The predicted molar refractivity (Wildman–Crippen MR) is 234 cm³/mol. The molecule has 9 rings (SSSR count). The van der Waals surface area contributed by atoms with Gasteiger partial charge in [0, 0.05) is 63.1 Å². The highest BCUT2D eigenvalue weighted by molar-refractivity contribution is 6.09. The summed E-state index contributed by atoms with van der Waals surface area (Å²) in [6, 6.07) is 38.7. The van der Waals surface area contributed by atoms with Crippen molar-refractivity contribution >= 4 is 21.9 Å². The van der Waals surface area contributed by atoms with E-state index in [-0.39, 0.29) is 34.3 Å². The van der Waals surface area contributed by atoms with Crippen LogP contribution in [-0.4, -0.2) is 15.0 Å². The largest absolute Gasteiger partial charge is 0.455 e. The first kappa shape index (κ1) is 27.0. The van der Waals surface area contributed by atoms with E-state index in [2.05, 4.69) is 9.97 Å². The van der Waals surface area contributed by atoms with Crippen molar-refractivity contribution in [2.75, 3.05) is 0 Å². The van der Waals surface area contributed by atoms with Crippen LogP contribution in [0.3, 0.4) is 0 Å². The fourth-order valence-electron chi connectivity index (χ4n) is 7.14. The lowest BCUT2D eigenvalue weighted by Crippen LogP contribution is -2.21. The third kappa shape index (κ3) is 8.07. The quantitative estimate of drug-likeness (QED) is 0.124. The van der Waals surface area contributed by atoms with E-state index in [1.165, 1.54) is 48.8 Å². The van der Waals surface area contributed by atoms with Crippen LogP contribution in [0.5, 0.6) is 0 Å². The molecule has 4 nitrogen and oxygen atoms in total. The van der Waals surface area contributed by atoms with Crippen LogP contribution in [0.4, 0.5) is 4.39 Å². The number of halogens is 1. The van der Waals surface area contributed by atoms with Crippen LogP contribution in [0.15, 0.2) is 175 Å². The van der Waals surface area contributed by atoms with Gasteiger partial charge in [-0.05, 0) is 107 Å². The molecule has 0 aliphatic heterocycles. The second-order valence-corrected chi connectivity index (χ2v) is 14.8. The first-order chi connectivity index (χ1) is 32.2. The number of furan rings is 1. The van der Waals surface area contributed by atoms with Gasteiger partial charge < -0.3 is 4.42 Å². The van der Waals surface area contributed by atoms with E-state index in [1.807, 2.05) is 80.6 Å². The summed E-state index contributed by atoms with van der Waals surface area (Å²) in [5, 5.41) is 1.05. The number of rotatable bonds is 12. The minimum absolute atomic E-state index is 0.0321. The third-order valence-corrected chi connectivity index (χ3v) is 10.1. The summed E-state index contributed by atoms with van der Waals surface area (Å²) in [4.78, 5) is 13.7. The molecule has 4 aromatic heterocycles. The smallest absolute Gasteiger partial charge is 0.144 e. The number of aryl methyl sites for hydroxylation is 4. The molecule has 0 amide bonds. The van der Waals surface area contributed by atoms with Gasteiger partial charge >= 0.3 is 0 Å². The minimum Gasteiger partial charge on any atom is -0.455 e. The van der Waals surface area contributed by atoms with Crippen LogP contribution in [0, 0.1) is 5.82 Å². The lowest BCUT2D eigenvalue weighted by molar-refractivity contribution is 0.520. The maximum Gasteiger partial charge on any atom is 0.144 e. The molecule has 9 aromatic rings. The Labute approximate surface area is 353 Å². The number of benzene rings is 5. The molecular formula is C53H44FN3O. The first-order valence-corrected chi connectivity index (χ1v) is 19.0. The van der Waals surface area contributed by atoms with E-state index in [0.717, 1.165) is 16.7 Å². The number of para-hydroxylation sites is 1. The van der Waals surface area contributed by atoms with Crippen molar-refractivity contribution in [2.24, 2.45) is 0 Å². The topological polar surface area (TPSA) is 51.8 Å². The summed E-state index contributed by atoms with van der Waals surface area (Å²) in [5.41, 5.74) is 4.32. The van der Waals surface area contributed by atoms with Crippen molar-refractivity contribution in [3.05, 3.63) is 209 Å². The van der Waals surface area contributed by atoms with Gasteiger partial charge in [0.15, 0.2) is 0 Å². The van der Waals surface area contributed by atoms with Crippen molar-refractivity contribution in [2.45, 2.75) is 51.2 Å². The Bertz CT molecular complexity index is 3180. The highest BCUT2D eigenvalue weighted by Crippen LogP contribution is 2.36. The highest BCUT2D eigenvalue weighted by Gasteiger charge is 2.23. The Hall–Kier alpha value is -6.72. The number of nitrogens with zero attached hydrogens (tertiary/aromatic N) is 3. The molecule has 0 unspecified atom stereocenters. The van der Waals surface area contributed by atoms with Crippen LogP contribution in [0.25, 0.3) is 55.7 Å². The molecule has 0 atom stereocenters. The Balaban J connectivity index is 1.09. The van der Waals surface area contributed by atoms with Crippen molar-refractivity contribution in [3.8, 4) is 33.8 Å². The van der Waals surface area contributed by atoms with Crippen LogP contribution in [0.1, 0.15) is 60.9 Å². The average Bonchev–Trinajstić information content (AvgIpc) is 3.72. The van der Waals surface area contributed by atoms with E-state index >= 15 is 0 Å². The predicted octanol–water partition coefficient (Wildman–Crippen LogP) is 13.0. The van der Waals surface area contributed by atoms with Gasteiger partial charge in [-0.15, -0.1) is 0 Å². The van der Waals surface area contributed by atoms with Gasteiger partial charge in [-0.2, -0.15) is 0 Å². The average molecular weight is 768 g/mol. The summed E-state index contributed by atoms with van der Waals surface area (Å²) in [6.45, 7) is 3.89. The fraction of sp³-hybridized carbons (Fsp3) is 0.151. The Morgan fingerprint density at radius 2 is 1.14 bits per heavy atom. The third-order valence-electron chi connectivity index (χ3n) is 10.1. The highest BCUT2D eigenvalue weighted by atomic mass is 19.1. The molecule has 0 radical (unpaired) electrons. The minimum atomic E-state index is -2.78. The molecular weight excluding hydrogens is 714 g/mol. The van der Waals surface area contributed by atoms with Gasteiger partial charge in [-0.1, -0.05) is 123 Å². The molecule has 0 aliphatic rings. The molecule has 0 saturated carbocycles. The van der Waals surface area contributed by atoms with Crippen molar-refractivity contribution in [3.63, 3.8) is 0 Å². The van der Waals surface area contributed by atoms with Crippen molar-refractivity contribution in [1.82, 2.24) is 15.0 Å². The Morgan fingerprint density at radius 3 is 1.71 bits per heavy atom. The summed E-state index contributed by atoms with van der Waals surface area (Å²) in [7, 11) is 0. The normalized spacial score (nSPS) is 15.2. The van der Waals surface area contributed by atoms with Gasteiger partial charge in [0.2, 0.25) is 0 Å². The van der Waals surface area contributed by atoms with Crippen molar-refractivity contribution in [1.29, 1.82) is 0 Å². The lowest BCUT2D eigenvalue weighted by atomic mass is 9.79. The fourth-order valence-corrected chi connectivity index (χ4v) is 7.14. The summed E-state index contributed by atoms with van der Waals surface area (Å²) in [6.07, 6.45) is -6.46. The van der Waals surface area contributed by atoms with E-state index in [1.54, 1.807) is 42.6 Å². The van der Waals surface area contributed by atoms with Gasteiger partial charge in [0.25, 0.3) is 0 Å². The van der Waals surface area contributed by atoms with Gasteiger partial charge in [-0.25, -0.2) is 4.39 Å². The molecule has 0 aliphatic carbocycles. The maximum absolute atomic E-state index is 14.5. The molecule has 0 N–H and O–H groups in total. The molecule has 0 fully saturated rings. The molecule has 0 bridgehead atoms. The first-order valence-electron chi connectivity index (χ1n) is 24.0. The summed E-state index contributed by atoms with van der Waals surface area (Å²) < 4.78 is 112. The number of hydrogen-bond acceptors (Lipinski definition) is 4. The molecule has 0 spiro atoms. The number of aromatic nitrogens is 3. The summed E-state index contributed by atoms with van der Waals surface area (Å²) in [5.74, 6) is -0.970. The van der Waals surface area contributed by atoms with Gasteiger partial charge in [0.1, 0.15) is 17.0 Å². The van der Waals surface area contributed by atoms with Crippen LogP contribution >= 0.6 is 0 Å². The van der Waals surface area contributed by atoms with Crippen molar-refractivity contribution < 1.29 is 22.5 Å². The molecule has 0 saturated heterocycles. The number of pyridine rings is 3. The standard InChI is InChI=1S/C53H44FN3O/c1-53(2,43-22-27-50(57-35-43)47-15-9-14-46-45-24-23-44(54)31-51(45)58-52(46)47)32-40-29-38(18-16-36-20-25-48(55-33-36)41-10-5-3-6-11-41)28-39(30-40)19-17-37-21-26-49(56-34-37)42-12-7-4-8-13-42/h3-15,20-31,33-35H,16-19,32H2,1-2H3/i16D2,17D2,18D2,19D2,23D,31D. The SMILES string of the molecule is [2H]c1cc2c(oc3c(-c4ccc(C(C)(C)Cc5cc(C([2H])([2H])C([2H])([2H])c6ccc(-c7ccccc7)nc6)cc(C([2H])([2H])C([2H])([2H])c6ccc(-c7ccccc7)nc6)c5)cn4)cccc32)c([2H])c1F. The molecule has 4 heterocycles. The zero-order chi connectivity index (χ0) is 48.4. The Morgan fingerprint density at radius 1 is 0.569 bits per heavy atom. The number of hydrogen-bond donors (Lipinski definition) is 0. The van der Waals surface area contributed by atoms with Gasteiger partial charge in [0.05, 0.1) is 19.8 Å². The number of fused-ring (bicyclic) bond motifs is 3. The lowest BCUT2D eigenvalue weighted by Gasteiger charge is -2.26. The van der Waals surface area contributed by atoms with Gasteiger partial charge in [-0.3, -0.25) is 15.0 Å². The monoisotopic (exact) mass is 767 g/mol.